The lowest BCUT2D eigenvalue weighted by Crippen LogP contribution is -2.20. The summed E-state index contributed by atoms with van der Waals surface area (Å²) in [6.07, 6.45) is 0.466. The van der Waals surface area contributed by atoms with Crippen LogP contribution >= 0.6 is 12.0 Å². The molecule has 0 unspecified atom stereocenters. The Morgan fingerprint density at radius 2 is 2.36 bits per heavy atom. The van der Waals surface area contributed by atoms with Gasteiger partial charge in [0.05, 0.1) is 12.0 Å². The Morgan fingerprint density at radius 3 is 3.14 bits per heavy atom. The molecule has 14 heavy (non-hydrogen) atoms. The van der Waals surface area contributed by atoms with Gasteiger partial charge in [0.15, 0.2) is 5.78 Å². The Bertz CT molecular complexity index is 362. The summed E-state index contributed by atoms with van der Waals surface area (Å²) in [5, 5.41) is 0. The SMILES string of the molecule is COSc1cccc2c1OCC(=O)C2. The van der Waals surface area contributed by atoms with Crippen LogP contribution in [0.3, 0.4) is 0 Å². The normalized spacial score (nSPS) is 14.8. The second-order valence-electron chi connectivity index (χ2n) is 3.00. The van der Waals surface area contributed by atoms with Gasteiger partial charge < -0.3 is 8.92 Å². The van der Waals surface area contributed by atoms with Gasteiger partial charge in [0.25, 0.3) is 0 Å². The molecule has 0 amide bonds. The lowest BCUT2D eigenvalue weighted by Gasteiger charge is -2.18. The highest BCUT2D eigenvalue weighted by Gasteiger charge is 2.19. The summed E-state index contributed by atoms with van der Waals surface area (Å²) in [6.45, 7) is 0.175. The molecule has 0 bridgehead atoms. The second kappa shape index (κ2) is 4.02. The quantitative estimate of drug-likeness (QED) is 0.698. The van der Waals surface area contributed by atoms with Gasteiger partial charge in [-0.3, -0.25) is 4.79 Å². The van der Waals surface area contributed by atoms with Crippen LogP contribution in [0.15, 0.2) is 23.1 Å². The average Bonchev–Trinajstić information content (AvgIpc) is 2.18. The molecule has 0 aromatic heterocycles. The molecular formula is C10H10O3S. The third kappa shape index (κ3) is 1.76. The number of hydrogen-bond donors (Lipinski definition) is 0. The Labute approximate surface area is 86.6 Å². The molecule has 1 aliphatic heterocycles. The van der Waals surface area contributed by atoms with E-state index in [1.54, 1.807) is 7.11 Å². The minimum Gasteiger partial charge on any atom is -0.484 e. The van der Waals surface area contributed by atoms with E-state index in [4.69, 9.17) is 8.92 Å². The van der Waals surface area contributed by atoms with Crippen molar-refractivity contribution in [3.63, 3.8) is 0 Å². The fourth-order valence-corrected chi connectivity index (χ4v) is 2.02. The fraction of sp³-hybridized carbons (Fsp3) is 0.300. The van der Waals surface area contributed by atoms with Crippen molar-refractivity contribution in [1.82, 2.24) is 0 Å². The van der Waals surface area contributed by atoms with Gasteiger partial charge in [-0.15, -0.1) is 0 Å². The number of carbonyl (C=O) groups is 1. The van der Waals surface area contributed by atoms with E-state index in [1.807, 2.05) is 18.2 Å². The summed E-state index contributed by atoms with van der Waals surface area (Å²) in [6, 6.07) is 5.73. The molecule has 4 heteroatoms. The summed E-state index contributed by atoms with van der Waals surface area (Å²) < 4.78 is 10.3. The molecular weight excluding hydrogens is 200 g/mol. The van der Waals surface area contributed by atoms with Crippen LogP contribution < -0.4 is 4.74 Å². The van der Waals surface area contributed by atoms with E-state index in [1.165, 1.54) is 12.0 Å². The van der Waals surface area contributed by atoms with Crippen LogP contribution in [-0.4, -0.2) is 19.5 Å². The van der Waals surface area contributed by atoms with Crippen molar-refractivity contribution in [3.05, 3.63) is 23.8 Å². The smallest absolute Gasteiger partial charge is 0.174 e. The van der Waals surface area contributed by atoms with Crippen molar-refractivity contribution < 1.29 is 13.7 Å². The maximum Gasteiger partial charge on any atom is 0.174 e. The Balaban J connectivity index is 2.36. The Morgan fingerprint density at radius 1 is 1.50 bits per heavy atom. The zero-order valence-corrected chi connectivity index (χ0v) is 8.60. The number of benzene rings is 1. The Hall–Kier alpha value is -1.00. The predicted octanol–water partition coefficient (Wildman–Crippen LogP) is 1.84. The van der Waals surface area contributed by atoms with E-state index in [-0.39, 0.29) is 12.4 Å². The zero-order chi connectivity index (χ0) is 9.97. The van der Waals surface area contributed by atoms with Crippen molar-refractivity contribution >= 4 is 17.8 Å². The maximum atomic E-state index is 11.1. The van der Waals surface area contributed by atoms with Crippen molar-refractivity contribution in [1.29, 1.82) is 0 Å². The highest BCUT2D eigenvalue weighted by molar-refractivity contribution is 7.94. The molecule has 1 aliphatic rings. The van der Waals surface area contributed by atoms with Gasteiger partial charge in [0.1, 0.15) is 12.4 Å². The van der Waals surface area contributed by atoms with Crippen LogP contribution in [0.1, 0.15) is 5.56 Å². The van der Waals surface area contributed by atoms with Crippen LogP contribution in [0.2, 0.25) is 0 Å². The predicted molar refractivity (Wildman–Crippen MR) is 53.5 cm³/mol. The molecule has 0 saturated heterocycles. The number of fused-ring (bicyclic) bond motifs is 1. The summed E-state index contributed by atoms with van der Waals surface area (Å²) in [5.74, 6) is 0.913. The first-order chi connectivity index (χ1) is 6.81. The van der Waals surface area contributed by atoms with Crippen LogP contribution in [0.5, 0.6) is 5.75 Å². The van der Waals surface area contributed by atoms with Crippen molar-refractivity contribution in [2.24, 2.45) is 0 Å². The minimum absolute atomic E-state index is 0.122. The molecule has 1 heterocycles. The van der Waals surface area contributed by atoms with Crippen molar-refractivity contribution in [2.75, 3.05) is 13.7 Å². The van der Waals surface area contributed by atoms with E-state index < -0.39 is 0 Å². The van der Waals surface area contributed by atoms with E-state index in [9.17, 15) is 4.79 Å². The highest BCUT2D eigenvalue weighted by Crippen LogP contribution is 2.34. The topological polar surface area (TPSA) is 35.5 Å². The highest BCUT2D eigenvalue weighted by atomic mass is 32.2. The van der Waals surface area contributed by atoms with E-state index in [0.717, 1.165) is 16.2 Å². The number of carbonyl (C=O) groups excluding carboxylic acids is 1. The number of ketones is 1. The van der Waals surface area contributed by atoms with Gasteiger partial charge >= 0.3 is 0 Å². The van der Waals surface area contributed by atoms with E-state index in [2.05, 4.69) is 0 Å². The van der Waals surface area contributed by atoms with Gasteiger partial charge in [-0.2, -0.15) is 0 Å². The first-order valence-corrected chi connectivity index (χ1v) is 5.02. The molecule has 0 radical (unpaired) electrons. The molecule has 1 aromatic carbocycles. The Kier molecular flexibility index (Phi) is 2.74. The summed E-state index contributed by atoms with van der Waals surface area (Å²) in [7, 11) is 1.61. The molecule has 3 nitrogen and oxygen atoms in total. The zero-order valence-electron chi connectivity index (χ0n) is 7.78. The first-order valence-electron chi connectivity index (χ1n) is 4.28. The van der Waals surface area contributed by atoms with E-state index in [0.29, 0.717) is 6.42 Å². The standard InChI is InChI=1S/C10H10O3S/c1-12-14-9-4-2-3-7-5-8(11)6-13-10(7)9/h2-4H,5-6H2,1H3. The third-order valence-electron chi connectivity index (χ3n) is 2.00. The molecule has 74 valence electrons. The molecule has 0 saturated carbocycles. The van der Waals surface area contributed by atoms with Gasteiger partial charge in [-0.1, -0.05) is 12.1 Å². The van der Waals surface area contributed by atoms with E-state index >= 15 is 0 Å². The lowest BCUT2D eigenvalue weighted by atomic mass is 10.1. The molecule has 0 N–H and O–H groups in total. The first kappa shape index (κ1) is 9.55. The second-order valence-corrected chi connectivity index (χ2v) is 3.94. The monoisotopic (exact) mass is 210 g/mol. The molecule has 2 rings (SSSR count). The van der Waals surface area contributed by atoms with Crippen molar-refractivity contribution in [2.45, 2.75) is 11.3 Å². The van der Waals surface area contributed by atoms with Gasteiger partial charge in [0.2, 0.25) is 0 Å². The molecule has 0 fully saturated rings. The lowest BCUT2D eigenvalue weighted by molar-refractivity contribution is -0.121. The summed E-state index contributed by atoms with van der Waals surface area (Å²) in [5.41, 5.74) is 0.948. The van der Waals surface area contributed by atoms with Crippen LogP contribution in [0.4, 0.5) is 0 Å². The van der Waals surface area contributed by atoms with Crippen molar-refractivity contribution in [3.8, 4) is 5.75 Å². The summed E-state index contributed by atoms with van der Waals surface area (Å²) >= 11 is 1.25. The number of Topliss-reactive ketones (excluding diaryl/α,β-unsaturated/α-hetero) is 1. The summed E-state index contributed by atoms with van der Waals surface area (Å²) in [4.78, 5) is 12.1. The van der Waals surface area contributed by atoms with Crippen LogP contribution in [0, 0.1) is 0 Å². The number of ether oxygens (including phenoxy) is 1. The third-order valence-corrected chi connectivity index (χ3v) is 2.67. The minimum atomic E-state index is 0.122. The molecule has 0 spiro atoms. The molecule has 1 aromatic rings. The van der Waals surface area contributed by atoms with Gasteiger partial charge in [-0.25, -0.2) is 0 Å². The molecule has 0 aliphatic carbocycles. The average molecular weight is 210 g/mol. The molecule has 0 atom stereocenters. The van der Waals surface area contributed by atoms with Crippen LogP contribution in [0.25, 0.3) is 0 Å². The van der Waals surface area contributed by atoms with Gasteiger partial charge in [-0.05, 0) is 6.07 Å². The number of para-hydroxylation sites is 1. The fourth-order valence-electron chi connectivity index (χ4n) is 1.44. The van der Waals surface area contributed by atoms with Crippen LogP contribution in [-0.2, 0) is 15.4 Å². The number of hydrogen-bond acceptors (Lipinski definition) is 4. The van der Waals surface area contributed by atoms with Gasteiger partial charge in [0, 0.05) is 24.0 Å². The largest absolute Gasteiger partial charge is 0.484 e. The number of rotatable bonds is 2. The maximum absolute atomic E-state index is 11.1.